The van der Waals surface area contributed by atoms with Crippen LogP contribution in [0.5, 0.6) is 0 Å². The summed E-state index contributed by atoms with van der Waals surface area (Å²) < 4.78 is 8.61. The predicted octanol–water partition coefficient (Wildman–Crippen LogP) is 2.30. The van der Waals surface area contributed by atoms with E-state index in [1.165, 1.54) is 16.4 Å². The molecule has 5 nitrogen and oxygen atoms in total. The number of hydrogen-bond donors (Lipinski definition) is 0. The van der Waals surface area contributed by atoms with Crippen molar-refractivity contribution in [1.29, 1.82) is 0 Å². The lowest BCUT2D eigenvalue weighted by Gasteiger charge is -2.27. The third-order valence-corrected chi connectivity index (χ3v) is 5.22. The van der Waals surface area contributed by atoms with E-state index in [-0.39, 0.29) is 11.8 Å². The molecule has 2 aliphatic heterocycles. The number of carbonyl (C=O) groups excluding carboxylic acids is 2. The molecule has 0 N–H and O–H groups in total. The summed E-state index contributed by atoms with van der Waals surface area (Å²) in [6.07, 6.45) is 1.63. The van der Waals surface area contributed by atoms with Crippen molar-refractivity contribution in [2.24, 2.45) is 0 Å². The van der Waals surface area contributed by atoms with Crippen LogP contribution in [0.2, 0.25) is 0 Å². The Bertz CT molecular complexity index is 612. The van der Waals surface area contributed by atoms with E-state index in [9.17, 15) is 9.59 Å². The number of morpholine rings is 1. The molecule has 1 saturated heterocycles. The standard InChI is InChI=1S/C16H20N2O3S/c1-3-11-5-6-13-14(12(11)4-2)16(20)18(15(13)19)22-17-7-9-21-10-8-17/h5-6H,3-4,7-10H2,1-2H3. The second-order valence-electron chi connectivity index (χ2n) is 5.36. The molecule has 0 saturated carbocycles. The highest BCUT2D eigenvalue weighted by atomic mass is 32.2. The minimum absolute atomic E-state index is 0.177. The highest BCUT2D eigenvalue weighted by Crippen LogP contribution is 2.34. The smallest absolute Gasteiger partial charge is 0.273 e. The Kier molecular flexibility index (Phi) is 4.52. The van der Waals surface area contributed by atoms with Gasteiger partial charge in [-0.15, -0.1) is 0 Å². The molecule has 1 aromatic rings. The first-order chi connectivity index (χ1) is 10.7. The number of imide groups is 1. The van der Waals surface area contributed by atoms with Gasteiger partial charge in [0.15, 0.2) is 0 Å². The molecule has 0 atom stereocenters. The van der Waals surface area contributed by atoms with Crippen LogP contribution in [0, 0.1) is 0 Å². The molecular weight excluding hydrogens is 300 g/mol. The molecule has 1 fully saturated rings. The predicted molar refractivity (Wildman–Crippen MR) is 85.7 cm³/mol. The minimum atomic E-state index is -0.200. The molecule has 118 valence electrons. The van der Waals surface area contributed by atoms with E-state index in [4.69, 9.17) is 4.74 Å². The van der Waals surface area contributed by atoms with E-state index >= 15 is 0 Å². The molecule has 1 aromatic carbocycles. The summed E-state index contributed by atoms with van der Waals surface area (Å²) in [5.41, 5.74) is 3.32. The Balaban J connectivity index is 1.91. The molecule has 2 amide bonds. The van der Waals surface area contributed by atoms with Gasteiger partial charge >= 0.3 is 0 Å². The minimum Gasteiger partial charge on any atom is -0.379 e. The number of nitrogens with zero attached hydrogens (tertiary/aromatic N) is 2. The van der Waals surface area contributed by atoms with E-state index in [1.54, 1.807) is 6.07 Å². The van der Waals surface area contributed by atoms with Crippen LogP contribution in [0.15, 0.2) is 12.1 Å². The van der Waals surface area contributed by atoms with Gasteiger partial charge in [-0.25, -0.2) is 8.61 Å². The topological polar surface area (TPSA) is 49.9 Å². The Labute approximate surface area is 134 Å². The molecule has 22 heavy (non-hydrogen) atoms. The lowest BCUT2D eigenvalue weighted by atomic mass is 9.94. The van der Waals surface area contributed by atoms with Gasteiger partial charge in [0, 0.05) is 13.1 Å². The molecule has 0 aromatic heterocycles. The van der Waals surface area contributed by atoms with Crippen LogP contribution < -0.4 is 0 Å². The quantitative estimate of drug-likeness (QED) is 0.629. The molecule has 0 aliphatic carbocycles. The number of hydrogen-bond acceptors (Lipinski definition) is 5. The van der Waals surface area contributed by atoms with Gasteiger partial charge in [-0.2, -0.15) is 0 Å². The van der Waals surface area contributed by atoms with Gasteiger partial charge in [-0.1, -0.05) is 19.9 Å². The van der Waals surface area contributed by atoms with Crippen LogP contribution in [0.1, 0.15) is 45.7 Å². The lowest BCUT2D eigenvalue weighted by Crippen LogP contribution is -2.36. The maximum atomic E-state index is 12.8. The summed E-state index contributed by atoms with van der Waals surface area (Å²) >= 11 is 1.22. The number of aryl methyl sites for hydroxylation is 1. The Morgan fingerprint density at radius 3 is 2.45 bits per heavy atom. The third kappa shape index (κ3) is 2.55. The van der Waals surface area contributed by atoms with Gasteiger partial charge in [-0.3, -0.25) is 9.59 Å². The first kappa shape index (κ1) is 15.5. The van der Waals surface area contributed by atoms with E-state index < -0.39 is 0 Å². The summed E-state index contributed by atoms with van der Waals surface area (Å²) in [7, 11) is 0. The second-order valence-corrected chi connectivity index (χ2v) is 6.41. The summed E-state index contributed by atoms with van der Waals surface area (Å²) in [5.74, 6) is -0.377. The highest BCUT2D eigenvalue weighted by Gasteiger charge is 2.39. The van der Waals surface area contributed by atoms with E-state index in [1.807, 2.05) is 17.3 Å². The van der Waals surface area contributed by atoms with Crippen LogP contribution in [0.4, 0.5) is 0 Å². The third-order valence-electron chi connectivity index (χ3n) is 4.12. The maximum Gasteiger partial charge on any atom is 0.273 e. The normalized spacial score (nSPS) is 18.9. The highest BCUT2D eigenvalue weighted by molar-refractivity contribution is 7.95. The number of ether oxygens (including phenoxy) is 1. The van der Waals surface area contributed by atoms with Crippen molar-refractivity contribution < 1.29 is 14.3 Å². The molecule has 6 heteroatoms. The SMILES string of the molecule is CCc1ccc2c(c1CC)C(=O)N(SN1CCOCC1)C2=O. The molecule has 0 unspecified atom stereocenters. The lowest BCUT2D eigenvalue weighted by molar-refractivity contribution is 0.0698. The van der Waals surface area contributed by atoms with Gasteiger partial charge in [0.05, 0.1) is 36.5 Å². The van der Waals surface area contributed by atoms with Crippen molar-refractivity contribution >= 4 is 23.9 Å². The van der Waals surface area contributed by atoms with Crippen LogP contribution in [0.25, 0.3) is 0 Å². The average Bonchev–Trinajstić information content (AvgIpc) is 2.80. The summed E-state index contributed by atoms with van der Waals surface area (Å²) in [6.45, 7) is 6.82. The Morgan fingerprint density at radius 2 is 1.82 bits per heavy atom. The maximum absolute atomic E-state index is 12.8. The zero-order valence-electron chi connectivity index (χ0n) is 12.9. The Morgan fingerprint density at radius 1 is 1.09 bits per heavy atom. The fourth-order valence-electron chi connectivity index (χ4n) is 2.97. The Hall–Kier alpha value is -1.37. The number of benzene rings is 1. The molecule has 2 heterocycles. The number of carbonyl (C=O) groups is 2. The van der Waals surface area contributed by atoms with Crippen LogP contribution in [-0.4, -0.2) is 46.7 Å². The van der Waals surface area contributed by atoms with Crippen molar-refractivity contribution in [2.45, 2.75) is 26.7 Å². The van der Waals surface area contributed by atoms with Gasteiger partial charge in [0.2, 0.25) is 0 Å². The molecular formula is C16H20N2O3S. The molecule has 0 bridgehead atoms. The van der Waals surface area contributed by atoms with Gasteiger partial charge < -0.3 is 4.74 Å². The van der Waals surface area contributed by atoms with Gasteiger partial charge in [-0.05, 0) is 30.0 Å². The van der Waals surface area contributed by atoms with E-state index in [0.717, 1.165) is 37.1 Å². The van der Waals surface area contributed by atoms with Crippen molar-refractivity contribution in [3.63, 3.8) is 0 Å². The fraction of sp³-hybridized carbons (Fsp3) is 0.500. The van der Waals surface area contributed by atoms with E-state index in [0.29, 0.717) is 24.3 Å². The zero-order chi connectivity index (χ0) is 15.7. The summed E-state index contributed by atoms with van der Waals surface area (Å²) in [6, 6.07) is 3.78. The first-order valence-corrected chi connectivity index (χ1v) is 8.44. The van der Waals surface area contributed by atoms with Crippen molar-refractivity contribution in [1.82, 2.24) is 8.61 Å². The first-order valence-electron chi connectivity index (χ1n) is 7.71. The van der Waals surface area contributed by atoms with Crippen LogP contribution in [-0.2, 0) is 17.6 Å². The zero-order valence-corrected chi connectivity index (χ0v) is 13.7. The van der Waals surface area contributed by atoms with Crippen molar-refractivity contribution in [2.75, 3.05) is 26.3 Å². The number of amides is 2. The van der Waals surface area contributed by atoms with Gasteiger partial charge in [0.1, 0.15) is 0 Å². The average molecular weight is 320 g/mol. The summed E-state index contributed by atoms with van der Waals surface area (Å²) in [4.78, 5) is 25.3. The van der Waals surface area contributed by atoms with E-state index in [2.05, 4.69) is 6.92 Å². The molecule has 2 aliphatic rings. The van der Waals surface area contributed by atoms with Crippen molar-refractivity contribution in [3.05, 3.63) is 34.4 Å². The fourth-order valence-corrected chi connectivity index (χ4v) is 3.85. The monoisotopic (exact) mass is 320 g/mol. The van der Waals surface area contributed by atoms with Crippen LogP contribution in [0.3, 0.4) is 0 Å². The van der Waals surface area contributed by atoms with Crippen LogP contribution >= 0.6 is 12.1 Å². The molecule has 0 spiro atoms. The van der Waals surface area contributed by atoms with Crippen molar-refractivity contribution in [3.8, 4) is 0 Å². The number of fused-ring (bicyclic) bond motifs is 1. The largest absolute Gasteiger partial charge is 0.379 e. The second kappa shape index (κ2) is 6.40. The van der Waals surface area contributed by atoms with Gasteiger partial charge in [0.25, 0.3) is 11.8 Å². The molecule has 0 radical (unpaired) electrons. The summed E-state index contributed by atoms with van der Waals surface area (Å²) in [5, 5.41) is 0. The molecule has 3 rings (SSSR count). The number of rotatable bonds is 4.